The number of hydrogen-bond donors (Lipinski definition) is 0. The molecule has 0 radical (unpaired) electrons. The van der Waals surface area contributed by atoms with E-state index in [9.17, 15) is 0 Å². The summed E-state index contributed by atoms with van der Waals surface area (Å²) >= 11 is 3.42. The molecule has 1 saturated carbocycles. The highest BCUT2D eigenvalue weighted by atomic mass is 79.9. The van der Waals surface area contributed by atoms with Gasteiger partial charge in [0.15, 0.2) is 0 Å². The first kappa shape index (κ1) is 11.1. The first-order valence-electron chi connectivity index (χ1n) is 5.23. The van der Waals surface area contributed by atoms with Crippen LogP contribution in [0.1, 0.15) is 44.9 Å². The largest absolute Gasteiger partial charge is 0.495 e. The summed E-state index contributed by atoms with van der Waals surface area (Å²) in [6.07, 6.45) is 9.05. The van der Waals surface area contributed by atoms with E-state index in [0.29, 0.717) is 6.10 Å². The van der Waals surface area contributed by atoms with Gasteiger partial charge in [-0.05, 0) is 38.5 Å². The van der Waals surface area contributed by atoms with Crippen LogP contribution >= 0.6 is 15.9 Å². The zero-order valence-electron chi connectivity index (χ0n) is 8.23. The first-order valence-corrected chi connectivity index (χ1v) is 6.35. The highest BCUT2D eigenvalue weighted by Gasteiger charge is 2.16. The van der Waals surface area contributed by atoms with E-state index >= 15 is 0 Å². The van der Waals surface area contributed by atoms with E-state index in [1.165, 1.54) is 38.5 Å². The molecule has 0 aromatic rings. The summed E-state index contributed by atoms with van der Waals surface area (Å²) in [5.41, 5.74) is 0. The van der Waals surface area contributed by atoms with Gasteiger partial charge >= 0.3 is 0 Å². The van der Waals surface area contributed by atoms with Gasteiger partial charge in [0.2, 0.25) is 0 Å². The maximum absolute atomic E-state index is 5.75. The van der Waals surface area contributed by atoms with Gasteiger partial charge in [0.1, 0.15) is 0 Å². The molecule has 2 heteroatoms. The molecule has 13 heavy (non-hydrogen) atoms. The van der Waals surface area contributed by atoms with E-state index in [1.807, 2.05) is 0 Å². The quantitative estimate of drug-likeness (QED) is 0.391. The Hall–Kier alpha value is 0.0200. The number of alkyl halides is 1. The topological polar surface area (TPSA) is 9.23 Å². The van der Waals surface area contributed by atoms with Crippen LogP contribution in [0.15, 0.2) is 12.3 Å². The van der Waals surface area contributed by atoms with Crippen molar-refractivity contribution in [3.05, 3.63) is 12.3 Å². The molecule has 0 aromatic heterocycles. The second-order valence-electron chi connectivity index (χ2n) is 3.71. The predicted molar refractivity (Wildman–Crippen MR) is 60.1 cm³/mol. The van der Waals surface area contributed by atoms with Crippen LogP contribution in [0.3, 0.4) is 0 Å². The van der Waals surface area contributed by atoms with Crippen LogP contribution in [0, 0.1) is 0 Å². The summed E-state index contributed by atoms with van der Waals surface area (Å²) in [6, 6.07) is 0. The minimum absolute atomic E-state index is 0.483. The van der Waals surface area contributed by atoms with Crippen LogP contribution in [0.4, 0.5) is 0 Å². The monoisotopic (exact) mass is 246 g/mol. The van der Waals surface area contributed by atoms with Gasteiger partial charge in [0, 0.05) is 11.8 Å². The Morgan fingerprint density at radius 2 is 2.00 bits per heavy atom. The Balaban J connectivity index is 2.02. The lowest BCUT2D eigenvalue weighted by Gasteiger charge is -2.14. The van der Waals surface area contributed by atoms with Gasteiger partial charge in [-0.2, -0.15) is 0 Å². The lowest BCUT2D eigenvalue weighted by molar-refractivity contribution is 0.115. The molecule has 0 amide bonds. The summed E-state index contributed by atoms with van der Waals surface area (Å²) in [4.78, 5) is 0. The number of unbranched alkanes of at least 4 members (excludes halogenated alkanes) is 1. The second-order valence-corrected chi connectivity index (χ2v) is 4.50. The van der Waals surface area contributed by atoms with Crippen LogP contribution in [-0.4, -0.2) is 11.4 Å². The maximum atomic E-state index is 5.75. The van der Waals surface area contributed by atoms with Crippen LogP contribution in [0.2, 0.25) is 0 Å². The van der Waals surface area contributed by atoms with E-state index in [1.54, 1.807) is 0 Å². The van der Waals surface area contributed by atoms with Crippen molar-refractivity contribution in [3.8, 4) is 0 Å². The van der Waals surface area contributed by atoms with Crippen LogP contribution in [0.25, 0.3) is 0 Å². The molecule has 1 rings (SSSR count). The Bertz CT molecular complexity index is 150. The summed E-state index contributed by atoms with van der Waals surface area (Å²) in [5.74, 6) is 0.993. The Morgan fingerprint density at radius 3 is 2.62 bits per heavy atom. The molecule has 76 valence electrons. The fourth-order valence-electron chi connectivity index (χ4n) is 1.72. The molecule has 1 aliphatic carbocycles. The lowest BCUT2D eigenvalue weighted by Crippen LogP contribution is -2.06. The number of allylic oxidation sites excluding steroid dienone is 1. The van der Waals surface area contributed by atoms with E-state index in [4.69, 9.17) is 4.74 Å². The zero-order valence-corrected chi connectivity index (χ0v) is 9.81. The molecule has 1 nitrogen and oxygen atoms in total. The molecule has 1 aliphatic rings. The fourth-order valence-corrected chi connectivity index (χ4v) is 2.11. The molecule has 0 aromatic carbocycles. The standard InChI is InChI=1S/C11H19BrO/c1-10(6-4-5-9-12)13-11-7-2-3-8-11/h11H,1-9H2. The van der Waals surface area contributed by atoms with E-state index in [0.717, 1.165) is 17.5 Å². The van der Waals surface area contributed by atoms with Crippen molar-refractivity contribution in [3.63, 3.8) is 0 Å². The minimum Gasteiger partial charge on any atom is -0.495 e. The van der Waals surface area contributed by atoms with Crippen LogP contribution in [-0.2, 0) is 4.74 Å². The number of ether oxygens (including phenoxy) is 1. The third kappa shape index (κ3) is 4.70. The molecule has 0 unspecified atom stereocenters. The van der Waals surface area contributed by atoms with Crippen molar-refractivity contribution in [2.75, 3.05) is 5.33 Å². The van der Waals surface area contributed by atoms with E-state index < -0.39 is 0 Å². The number of hydrogen-bond acceptors (Lipinski definition) is 1. The van der Waals surface area contributed by atoms with Crippen molar-refractivity contribution in [1.29, 1.82) is 0 Å². The molecule has 1 fully saturated rings. The van der Waals surface area contributed by atoms with E-state index in [-0.39, 0.29) is 0 Å². The first-order chi connectivity index (χ1) is 6.33. The number of halogens is 1. The maximum Gasteiger partial charge on any atom is 0.0982 e. The Morgan fingerprint density at radius 1 is 1.31 bits per heavy atom. The molecule has 0 aliphatic heterocycles. The minimum atomic E-state index is 0.483. The Labute approximate surface area is 89.7 Å². The van der Waals surface area contributed by atoms with Crippen LogP contribution < -0.4 is 0 Å². The Kier molecular flexibility index (Phi) is 5.52. The predicted octanol–water partition coefficient (Wildman–Crippen LogP) is 4.02. The highest BCUT2D eigenvalue weighted by Crippen LogP contribution is 2.24. The average Bonchev–Trinajstić information content (AvgIpc) is 2.57. The molecule has 0 saturated heterocycles. The summed E-state index contributed by atoms with van der Waals surface area (Å²) < 4.78 is 5.75. The van der Waals surface area contributed by atoms with Crippen molar-refractivity contribution in [2.45, 2.75) is 51.0 Å². The molecule has 0 spiro atoms. The van der Waals surface area contributed by atoms with Gasteiger partial charge in [0.25, 0.3) is 0 Å². The lowest BCUT2D eigenvalue weighted by atomic mass is 10.2. The smallest absolute Gasteiger partial charge is 0.0982 e. The van der Waals surface area contributed by atoms with Crippen molar-refractivity contribution in [1.82, 2.24) is 0 Å². The fraction of sp³-hybridized carbons (Fsp3) is 0.818. The van der Waals surface area contributed by atoms with Crippen molar-refractivity contribution in [2.24, 2.45) is 0 Å². The van der Waals surface area contributed by atoms with Gasteiger partial charge in [0.05, 0.1) is 11.9 Å². The van der Waals surface area contributed by atoms with Crippen molar-refractivity contribution >= 4 is 15.9 Å². The SMILES string of the molecule is C=C(CCCCBr)OC1CCCC1. The normalized spacial score (nSPS) is 17.6. The molecular formula is C11H19BrO. The van der Waals surface area contributed by atoms with Crippen molar-refractivity contribution < 1.29 is 4.74 Å². The van der Waals surface area contributed by atoms with Gasteiger partial charge in [-0.15, -0.1) is 0 Å². The van der Waals surface area contributed by atoms with Gasteiger partial charge in [-0.3, -0.25) is 0 Å². The van der Waals surface area contributed by atoms with E-state index in [2.05, 4.69) is 22.5 Å². The summed E-state index contributed by atoms with van der Waals surface area (Å²) in [6.45, 7) is 3.95. The molecule has 0 bridgehead atoms. The molecule has 0 heterocycles. The summed E-state index contributed by atoms with van der Waals surface area (Å²) in [7, 11) is 0. The second kappa shape index (κ2) is 6.47. The molecule has 0 atom stereocenters. The third-order valence-corrected chi connectivity index (χ3v) is 3.04. The molecular weight excluding hydrogens is 228 g/mol. The van der Waals surface area contributed by atoms with Gasteiger partial charge in [-0.25, -0.2) is 0 Å². The summed E-state index contributed by atoms with van der Waals surface area (Å²) in [5, 5.41) is 1.09. The average molecular weight is 247 g/mol. The van der Waals surface area contributed by atoms with Gasteiger partial charge in [-0.1, -0.05) is 22.5 Å². The third-order valence-electron chi connectivity index (χ3n) is 2.47. The zero-order chi connectivity index (χ0) is 9.52. The highest BCUT2D eigenvalue weighted by molar-refractivity contribution is 9.09. The number of rotatable bonds is 6. The molecule has 0 N–H and O–H groups in total. The van der Waals surface area contributed by atoms with Crippen LogP contribution in [0.5, 0.6) is 0 Å². The van der Waals surface area contributed by atoms with Gasteiger partial charge < -0.3 is 4.74 Å².